The molecular formula is C15H32N2O2S. The third kappa shape index (κ3) is 7.60. The van der Waals surface area contributed by atoms with Crippen molar-refractivity contribution in [1.82, 2.24) is 9.62 Å². The highest BCUT2D eigenvalue weighted by molar-refractivity contribution is 7.89. The normalized spacial score (nSPS) is 15.9. The van der Waals surface area contributed by atoms with E-state index in [1.54, 1.807) is 4.31 Å². The molecule has 0 spiro atoms. The van der Waals surface area contributed by atoms with Gasteiger partial charge < -0.3 is 5.32 Å². The van der Waals surface area contributed by atoms with Crippen molar-refractivity contribution >= 4 is 10.0 Å². The van der Waals surface area contributed by atoms with E-state index >= 15 is 0 Å². The highest BCUT2D eigenvalue weighted by atomic mass is 32.2. The van der Waals surface area contributed by atoms with Crippen LogP contribution >= 0.6 is 0 Å². The summed E-state index contributed by atoms with van der Waals surface area (Å²) in [6.07, 6.45) is 8.34. The summed E-state index contributed by atoms with van der Waals surface area (Å²) in [6, 6.07) is 0.720. The van der Waals surface area contributed by atoms with Crippen molar-refractivity contribution < 1.29 is 8.42 Å². The molecule has 0 heterocycles. The molecule has 0 radical (unpaired) electrons. The molecule has 0 aliphatic heterocycles. The van der Waals surface area contributed by atoms with Gasteiger partial charge in [-0.05, 0) is 45.1 Å². The summed E-state index contributed by atoms with van der Waals surface area (Å²) in [5, 5.41) is 3.43. The van der Waals surface area contributed by atoms with Crippen LogP contribution in [0, 0.1) is 0 Å². The molecule has 120 valence electrons. The van der Waals surface area contributed by atoms with Crippen LogP contribution in [0.4, 0.5) is 0 Å². The van der Waals surface area contributed by atoms with Crippen molar-refractivity contribution in [3.63, 3.8) is 0 Å². The van der Waals surface area contributed by atoms with Crippen LogP contribution in [-0.2, 0) is 10.0 Å². The van der Waals surface area contributed by atoms with Crippen LogP contribution in [0.2, 0.25) is 0 Å². The Hall–Kier alpha value is -0.130. The van der Waals surface area contributed by atoms with Crippen molar-refractivity contribution in [2.45, 2.75) is 71.3 Å². The zero-order valence-corrected chi connectivity index (χ0v) is 14.1. The van der Waals surface area contributed by atoms with Gasteiger partial charge in [0.25, 0.3) is 0 Å². The van der Waals surface area contributed by atoms with Gasteiger partial charge in [0.15, 0.2) is 0 Å². The molecule has 1 saturated carbocycles. The van der Waals surface area contributed by atoms with Crippen LogP contribution in [-0.4, -0.2) is 44.2 Å². The Kier molecular flexibility index (Phi) is 8.73. The summed E-state index contributed by atoms with van der Waals surface area (Å²) in [7, 11) is -3.05. The molecule has 0 aromatic carbocycles. The van der Waals surface area contributed by atoms with Crippen molar-refractivity contribution in [2.24, 2.45) is 0 Å². The Morgan fingerprint density at radius 3 is 2.10 bits per heavy atom. The molecule has 1 rings (SSSR count). The first-order valence-electron chi connectivity index (χ1n) is 8.31. The van der Waals surface area contributed by atoms with Gasteiger partial charge in [-0.25, -0.2) is 12.7 Å². The quantitative estimate of drug-likeness (QED) is 0.532. The molecule has 0 bridgehead atoms. The second kappa shape index (κ2) is 9.74. The average Bonchev–Trinajstić information content (AvgIpc) is 3.22. The first-order valence-corrected chi connectivity index (χ1v) is 9.92. The number of unbranched alkanes of at least 4 members (excludes halogenated alkanes) is 3. The van der Waals surface area contributed by atoms with Gasteiger partial charge in [-0.1, -0.05) is 26.7 Å². The number of rotatable bonds is 13. The van der Waals surface area contributed by atoms with E-state index in [1.807, 2.05) is 0 Å². The summed E-state index contributed by atoms with van der Waals surface area (Å²) in [5.74, 6) is 0.312. The molecule has 0 aromatic heterocycles. The Morgan fingerprint density at radius 2 is 1.60 bits per heavy atom. The summed E-state index contributed by atoms with van der Waals surface area (Å²) < 4.78 is 26.4. The maximum atomic E-state index is 12.4. The predicted molar refractivity (Wildman–Crippen MR) is 85.4 cm³/mol. The Labute approximate surface area is 125 Å². The Morgan fingerprint density at radius 1 is 1.00 bits per heavy atom. The smallest absolute Gasteiger partial charge is 0.214 e. The molecule has 1 fully saturated rings. The van der Waals surface area contributed by atoms with Gasteiger partial charge in [0, 0.05) is 19.1 Å². The van der Waals surface area contributed by atoms with Crippen LogP contribution in [0.25, 0.3) is 0 Å². The second-order valence-electron chi connectivity index (χ2n) is 5.86. The van der Waals surface area contributed by atoms with Gasteiger partial charge in [0.2, 0.25) is 10.0 Å². The monoisotopic (exact) mass is 304 g/mol. The molecule has 1 aliphatic carbocycles. The largest absolute Gasteiger partial charge is 0.314 e. The highest BCUT2D eigenvalue weighted by Crippen LogP contribution is 2.18. The molecule has 1 N–H and O–H groups in total. The Bertz CT molecular complexity index is 332. The molecule has 0 aromatic rings. The molecule has 0 atom stereocenters. The van der Waals surface area contributed by atoms with E-state index in [1.165, 1.54) is 12.8 Å². The minimum atomic E-state index is -3.05. The SMILES string of the molecule is CCCCN(CCCC)S(=O)(=O)CCCCNC1CC1. The Balaban J connectivity index is 2.27. The van der Waals surface area contributed by atoms with Crippen molar-refractivity contribution in [3.05, 3.63) is 0 Å². The van der Waals surface area contributed by atoms with E-state index < -0.39 is 10.0 Å². The summed E-state index contributed by atoms with van der Waals surface area (Å²) in [6.45, 7) is 6.56. The lowest BCUT2D eigenvalue weighted by Gasteiger charge is -2.21. The lowest BCUT2D eigenvalue weighted by molar-refractivity contribution is 0.394. The number of sulfonamides is 1. The van der Waals surface area contributed by atoms with Crippen molar-refractivity contribution in [2.75, 3.05) is 25.4 Å². The summed E-state index contributed by atoms with van der Waals surface area (Å²) in [4.78, 5) is 0. The molecule has 5 heteroatoms. The van der Waals surface area contributed by atoms with E-state index in [-0.39, 0.29) is 0 Å². The fourth-order valence-corrected chi connectivity index (χ4v) is 3.83. The maximum Gasteiger partial charge on any atom is 0.214 e. The van der Waals surface area contributed by atoms with Crippen LogP contribution in [0.5, 0.6) is 0 Å². The van der Waals surface area contributed by atoms with Gasteiger partial charge in [0.1, 0.15) is 0 Å². The van der Waals surface area contributed by atoms with Crippen molar-refractivity contribution in [1.29, 1.82) is 0 Å². The molecule has 4 nitrogen and oxygen atoms in total. The number of hydrogen-bond donors (Lipinski definition) is 1. The molecule has 0 unspecified atom stereocenters. The van der Waals surface area contributed by atoms with E-state index in [0.717, 1.165) is 51.1 Å². The molecular weight excluding hydrogens is 272 g/mol. The summed E-state index contributed by atoms with van der Waals surface area (Å²) in [5.41, 5.74) is 0. The number of hydrogen-bond acceptors (Lipinski definition) is 3. The van der Waals surface area contributed by atoms with Crippen LogP contribution in [0.3, 0.4) is 0 Å². The van der Waals surface area contributed by atoms with E-state index in [0.29, 0.717) is 18.8 Å². The van der Waals surface area contributed by atoms with E-state index in [2.05, 4.69) is 19.2 Å². The zero-order chi connectivity index (χ0) is 14.8. The second-order valence-corrected chi connectivity index (χ2v) is 7.95. The maximum absolute atomic E-state index is 12.4. The first-order chi connectivity index (χ1) is 9.60. The lowest BCUT2D eigenvalue weighted by Crippen LogP contribution is -2.35. The first kappa shape index (κ1) is 17.9. The van der Waals surface area contributed by atoms with Gasteiger partial charge in [0.05, 0.1) is 5.75 Å². The van der Waals surface area contributed by atoms with Gasteiger partial charge in [-0.15, -0.1) is 0 Å². The number of nitrogens with zero attached hydrogens (tertiary/aromatic N) is 1. The lowest BCUT2D eigenvalue weighted by atomic mass is 10.3. The van der Waals surface area contributed by atoms with Gasteiger partial charge in [-0.3, -0.25) is 0 Å². The topological polar surface area (TPSA) is 49.4 Å². The van der Waals surface area contributed by atoms with Crippen LogP contribution < -0.4 is 5.32 Å². The van der Waals surface area contributed by atoms with Crippen molar-refractivity contribution in [3.8, 4) is 0 Å². The molecule has 1 aliphatic rings. The fraction of sp³-hybridized carbons (Fsp3) is 1.00. The standard InChI is InChI=1S/C15H32N2O2S/c1-3-5-12-17(13-6-4-2)20(18,19)14-8-7-11-16-15-9-10-15/h15-16H,3-14H2,1-2H3. The van der Waals surface area contributed by atoms with Gasteiger partial charge in [-0.2, -0.15) is 0 Å². The zero-order valence-electron chi connectivity index (χ0n) is 13.2. The number of nitrogens with one attached hydrogen (secondary N) is 1. The predicted octanol–water partition coefficient (Wildman–Crippen LogP) is 2.75. The average molecular weight is 304 g/mol. The highest BCUT2D eigenvalue weighted by Gasteiger charge is 2.21. The fourth-order valence-electron chi connectivity index (χ4n) is 2.19. The molecule has 0 amide bonds. The van der Waals surface area contributed by atoms with Gasteiger partial charge >= 0.3 is 0 Å². The minimum absolute atomic E-state index is 0.312. The van der Waals surface area contributed by atoms with E-state index in [4.69, 9.17) is 0 Å². The molecule has 0 saturated heterocycles. The van der Waals surface area contributed by atoms with Crippen LogP contribution in [0.1, 0.15) is 65.2 Å². The molecule has 20 heavy (non-hydrogen) atoms. The van der Waals surface area contributed by atoms with Crippen LogP contribution in [0.15, 0.2) is 0 Å². The minimum Gasteiger partial charge on any atom is -0.314 e. The third-order valence-electron chi connectivity index (χ3n) is 3.75. The third-order valence-corrected chi connectivity index (χ3v) is 5.71. The van der Waals surface area contributed by atoms with E-state index in [9.17, 15) is 8.42 Å². The summed E-state index contributed by atoms with van der Waals surface area (Å²) >= 11 is 0.